The fourth-order valence-electron chi connectivity index (χ4n) is 5.39. The van der Waals surface area contributed by atoms with E-state index in [0.29, 0.717) is 29.2 Å². The molecule has 1 aliphatic heterocycles. The zero-order valence-corrected chi connectivity index (χ0v) is 22.8. The summed E-state index contributed by atoms with van der Waals surface area (Å²) in [7, 11) is 1.57. The van der Waals surface area contributed by atoms with Crippen molar-refractivity contribution < 1.29 is 14.2 Å². The third-order valence-electron chi connectivity index (χ3n) is 7.61. The molecule has 1 atom stereocenters. The highest BCUT2D eigenvalue weighted by Gasteiger charge is 2.26. The highest BCUT2D eigenvalue weighted by Crippen LogP contribution is 2.33. The van der Waals surface area contributed by atoms with E-state index in [0.717, 1.165) is 59.5 Å². The number of aromatic nitrogens is 6. The second-order valence-corrected chi connectivity index (χ2v) is 10.9. The van der Waals surface area contributed by atoms with Crippen molar-refractivity contribution in [1.29, 1.82) is 0 Å². The van der Waals surface area contributed by atoms with Gasteiger partial charge < -0.3 is 9.84 Å². The van der Waals surface area contributed by atoms with Crippen LogP contribution in [0.3, 0.4) is 0 Å². The molecule has 0 aliphatic carbocycles. The molecule has 40 heavy (non-hydrogen) atoms. The molecule has 4 heterocycles. The Kier molecular flexibility index (Phi) is 6.81. The molecule has 3 N–H and O–H groups in total. The third-order valence-corrected chi connectivity index (χ3v) is 7.61. The number of piperidine rings is 1. The first kappa shape index (κ1) is 26.1. The average molecular weight is 542 g/mol. The van der Waals surface area contributed by atoms with Crippen molar-refractivity contribution in [1.82, 2.24) is 35.3 Å². The number of rotatable bonds is 7. The lowest BCUT2D eigenvalue weighted by Crippen LogP contribution is -2.34. The number of pyridine rings is 1. The lowest BCUT2D eigenvalue weighted by atomic mass is 9.96. The summed E-state index contributed by atoms with van der Waals surface area (Å²) in [5.74, 6) is 1.92. The van der Waals surface area contributed by atoms with Gasteiger partial charge in [-0.15, -0.1) is 0 Å². The summed E-state index contributed by atoms with van der Waals surface area (Å²) in [6.07, 6.45) is 5.38. The van der Waals surface area contributed by atoms with Gasteiger partial charge in [0, 0.05) is 59.0 Å². The zero-order chi connectivity index (χ0) is 27.9. The van der Waals surface area contributed by atoms with Crippen LogP contribution in [0.15, 0.2) is 54.9 Å². The fraction of sp³-hybridized carbons (Fsp3) is 0.333. The topological polar surface area (TPSA) is 116 Å². The molecule has 5 aromatic rings. The number of benzene rings is 2. The van der Waals surface area contributed by atoms with Gasteiger partial charge in [0.05, 0.1) is 18.2 Å². The van der Waals surface area contributed by atoms with E-state index in [4.69, 9.17) is 9.72 Å². The number of nitrogens with one attached hydrogen (secondary N) is 2. The van der Waals surface area contributed by atoms with Gasteiger partial charge in [0.25, 0.3) is 0 Å². The molecule has 3 aromatic heterocycles. The molecule has 0 saturated carbocycles. The Morgan fingerprint density at radius 1 is 1.10 bits per heavy atom. The Morgan fingerprint density at radius 3 is 2.80 bits per heavy atom. The molecule has 0 amide bonds. The molecular weight excluding hydrogens is 509 g/mol. The summed E-state index contributed by atoms with van der Waals surface area (Å²) < 4.78 is 19.9. The Bertz CT molecular complexity index is 1660. The van der Waals surface area contributed by atoms with Crippen LogP contribution >= 0.6 is 0 Å². The summed E-state index contributed by atoms with van der Waals surface area (Å²) in [6, 6.07) is 12.8. The second kappa shape index (κ2) is 10.4. The van der Waals surface area contributed by atoms with Gasteiger partial charge in [-0.1, -0.05) is 6.07 Å². The van der Waals surface area contributed by atoms with Gasteiger partial charge in [0.15, 0.2) is 5.82 Å². The van der Waals surface area contributed by atoms with Crippen LogP contribution in [0.1, 0.15) is 49.6 Å². The molecule has 0 radical (unpaired) electrons. The van der Waals surface area contributed by atoms with Crippen LogP contribution in [0, 0.1) is 5.82 Å². The van der Waals surface area contributed by atoms with Crippen molar-refractivity contribution in [2.24, 2.45) is 0 Å². The SMILES string of the molecule is COc1cccc(F)c1CN1CCC[C@@H](c2nc(-c3ccc4[nH]nc(-c5cncc(C(C)(C)O)c5)c4c3)n[nH]2)C1. The second-order valence-electron chi connectivity index (χ2n) is 10.9. The number of nitrogens with zero attached hydrogens (tertiary/aromatic N) is 5. The molecular formula is C30H32FN7O2. The molecule has 10 heteroatoms. The predicted octanol–water partition coefficient (Wildman–Crippen LogP) is 5.16. The van der Waals surface area contributed by atoms with Crippen LogP contribution in [0.5, 0.6) is 5.75 Å². The van der Waals surface area contributed by atoms with Crippen molar-refractivity contribution in [3.8, 4) is 28.4 Å². The highest BCUT2D eigenvalue weighted by molar-refractivity contribution is 5.95. The number of halogens is 1. The Labute approximate surface area is 231 Å². The quantitative estimate of drug-likeness (QED) is 0.261. The van der Waals surface area contributed by atoms with E-state index in [9.17, 15) is 9.50 Å². The zero-order valence-electron chi connectivity index (χ0n) is 22.8. The van der Waals surface area contributed by atoms with E-state index < -0.39 is 5.60 Å². The standard InChI is InChI=1S/C30H32FN7O2/c1-30(2,39)21-12-20(14-32-15-21)27-22-13-18(9-10-25(22)34-35-27)28-33-29(37-36-28)19-6-5-11-38(16-19)17-23-24(31)7-4-8-26(23)40-3/h4,7-10,12-15,19,39H,5-6,11,16-17H2,1-3H3,(H,34,35)(H,33,36,37)/t19-/m1/s1. The van der Waals surface area contributed by atoms with Gasteiger partial charge in [-0.25, -0.2) is 9.37 Å². The van der Waals surface area contributed by atoms with Gasteiger partial charge in [-0.2, -0.15) is 10.2 Å². The molecule has 206 valence electrons. The van der Waals surface area contributed by atoms with E-state index in [1.807, 2.05) is 24.3 Å². The van der Waals surface area contributed by atoms with E-state index in [1.165, 1.54) is 6.07 Å². The van der Waals surface area contributed by atoms with Crippen molar-refractivity contribution in [3.63, 3.8) is 0 Å². The minimum atomic E-state index is -1.01. The van der Waals surface area contributed by atoms with Crippen LogP contribution in [-0.2, 0) is 12.1 Å². The summed E-state index contributed by atoms with van der Waals surface area (Å²) >= 11 is 0. The largest absolute Gasteiger partial charge is 0.496 e. The monoisotopic (exact) mass is 541 g/mol. The Balaban J connectivity index is 1.24. The van der Waals surface area contributed by atoms with Gasteiger partial charge in [-0.3, -0.25) is 20.1 Å². The number of ether oxygens (including phenoxy) is 1. The van der Waals surface area contributed by atoms with Crippen LogP contribution in [0.4, 0.5) is 4.39 Å². The summed E-state index contributed by atoms with van der Waals surface area (Å²) in [5.41, 5.74) is 3.60. The number of likely N-dealkylation sites (tertiary alicyclic amines) is 1. The van der Waals surface area contributed by atoms with E-state index in [2.05, 4.69) is 30.3 Å². The van der Waals surface area contributed by atoms with Crippen LogP contribution < -0.4 is 4.74 Å². The van der Waals surface area contributed by atoms with E-state index in [-0.39, 0.29) is 11.7 Å². The van der Waals surface area contributed by atoms with Gasteiger partial charge in [-0.05, 0) is 69.6 Å². The van der Waals surface area contributed by atoms with Crippen LogP contribution in [0.25, 0.3) is 33.5 Å². The summed E-state index contributed by atoms with van der Waals surface area (Å²) in [4.78, 5) is 11.4. The Morgan fingerprint density at radius 2 is 1.98 bits per heavy atom. The average Bonchev–Trinajstić information content (AvgIpc) is 3.61. The molecule has 9 nitrogen and oxygen atoms in total. The van der Waals surface area contributed by atoms with Crippen LogP contribution in [0.2, 0.25) is 0 Å². The fourth-order valence-corrected chi connectivity index (χ4v) is 5.39. The van der Waals surface area contributed by atoms with Gasteiger partial charge in [0.2, 0.25) is 0 Å². The number of methoxy groups -OCH3 is 1. The van der Waals surface area contributed by atoms with E-state index >= 15 is 0 Å². The lowest BCUT2D eigenvalue weighted by Gasteiger charge is -2.32. The van der Waals surface area contributed by atoms with Crippen molar-refractivity contribution >= 4 is 10.9 Å². The molecule has 1 aliphatic rings. The number of aliphatic hydroxyl groups is 1. The van der Waals surface area contributed by atoms with E-state index in [1.54, 1.807) is 45.5 Å². The molecule has 1 saturated heterocycles. The summed E-state index contributed by atoms with van der Waals surface area (Å²) in [6.45, 7) is 5.59. The predicted molar refractivity (Wildman–Crippen MR) is 150 cm³/mol. The highest BCUT2D eigenvalue weighted by atomic mass is 19.1. The first-order valence-electron chi connectivity index (χ1n) is 13.4. The number of fused-ring (bicyclic) bond motifs is 1. The minimum Gasteiger partial charge on any atom is -0.496 e. The number of hydrogen-bond donors (Lipinski definition) is 3. The maximum Gasteiger partial charge on any atom is 0.181 e. The smallest absolute Gasteiger partial charge is 0.181 e. The first-order valence-corrected chi connectivity index (χ1v) is 13.4. The Hall–Kier alpha value is -4.15. The third kappa shape index (κ3) is 5.07. The summed E-state index contributed by atoms with van der Waals surface area (Å²) in [5, 5.41) is 26.7. The maximum atomic E-state index is 14.5. The van der Waals surface area contributed by atoms with Crippen molar-refractivity contribution in [3.05, 3.63) is 77.6 Å². The number of H-pyrrole nitrogens is 2. The van der Waals surface area contributed by atoms with Gasteiger partial charge in [0.1, 0.15) is 23.1 Å². The molecule has 0 unspecified atom stereocenters. The van der Waals surface area contributed by atoms with Crippen molar-refractivity contribution in [2.75, 3.05) is 20.2 Å². The van der Waals surface area contributed by atoms with Gasteiger partial charge >= 0.3 is 0 Å². The maximum absolute atomic E-state index is 14.5. The molecule has 6 rings (SSSR count). The normalized spacial score (nSPS) is 16.5. The van der Waals surface area contributed by atoms with Crippen LogP contribution in [-0.4, -0.2) is 60.6 Å². The first-order chi connectivity index (χ1) is 19.3. The minimum absolute atomic E-state index is 0.164. The molecule has 0 spiro atoms. The number of aromatic amines is 2. The molecule has 2 aromatic carbocycles. The number of hydrogen-bond acceptors (Lipinski definition) is 7. The molecule has 1 fully saturated rings. The molecule has 0 bridgehead atoms. The van der Waals surface area contributed by atoms with Crippen molar-refractivity contribution in [2.45, 2.75) is 44.8 Å². The lowest BCUT2D eigenvalue weighted by molar-refractivity contribution is 0.0783.